The first-order valence-electron chi connectivity index (χ1n) is 11.4. The Morgan fingerprint density at radius 3 is 2.47 bits per heavy atom. The summed E-state index contributed by atoms with van der Waals surface area (Å²) in [7, 11) is -1.93. The fourth-order valence-corrected chi connectivity index (χ4v) is 6.23. The van der Waals surface area contributed by atoms with E-state index >= 15 is 0 Å². The molecule has 1 saturated heterocycles. The number of nitrogens with one attached hydrogen (secondary N) is 2. The van der Waals surface area contributed by atoms with Gasteiger partial charge in [0.1, 0.15) is 11.8 Å². The minimum absolute atomic E-state index is 0.0671. The summed E-state index contributed by atoms with van der Waals surface area (Å²) in [5, 5.41) is 5.44. The lowest BCUT2D eigenvalue weighted by Crippen LogP contribution is -2.52. The first-order valence-corrected chi connectivity index (χ1v) is 13.2. The Labute approximate surface area is 190 Å². The van der Waals surface area contributed by atoms with Crippen molar-refractivity contribution >= 4 is 21.7 Å². The van der Waals surface area contributed by atoms with Crippen LogP contribution in [0.4, 0.5) is 0 Å². The van der Waals surface area contributed by atoms with Crippen LogP contribution in [-0.4, -0.2) is 58.1 Å². The topological polar surface area (TPSA) is 111 Å². The highest BCUT2D eigenvalue weighted by molar-refractivity contribution is 7.91. The first-order chi connectivity index (χ1) is 15.4. The van der Waals surface area contributed by atoms with Crippen molar-refractivity contribution in [3.63, 3.8) is 0 Å². The maximum atomic E-state index is 12.9. The van der Waals surface area contributed by atoms with Crippen LogP contribution in [0.1, 0.15) is 44.1 Å². The third kappa shape index (κ3) is 7.48. The predicted octanol–water partition coefficient (Wildman–Crippen LogP) is 1.83. The Morgan fingerprint density at radius 1 is 1.12 bits per heavy atom. The zero-order chi connectivity index (χ0) is 23.0. The lowest BCUT2D eigenvalue weighted by Gasteiger charge is -2.24. The molecule has 2 atom stereocenters. The maximum absolute atomic E-state index is 12.9. The first kappa shape index (κ1) is 24.5. The molecule has 1 saturated carbocycles. The number of sulfone groups is 1. The number of hydrogen-bond donors (Lipinski definition) is 2. The zero-order valence-corrected chi connectivity index (χ0v) is 19.5. The molecule has 2 N–H and O–H groups in total. The van der Waals surface area contributed by atoms with E-state index in [2.05, 4.69) is 10.6 Å². The van der Waals surface area contributed by atoms with Crippen LogP contribution in [0.15, 0.2) is 24.3 Å². The zero-order valence-electron chi connectivity index (χ0n) is 18.7. The third-order valence-corrected chi connectivity index (χ3v) is 8.01. The van der Waals surface area contributed by atoms with Crippen LogP contribution in [0.3, 0.4) is 0 Å². The molecule has 1 heterocycles. The number of hydrogen-bond acceptors (Lipinski definition) is 6. The largest absolute Gasteiger partial charge is 0.497 e. The molecule has 3 rings (SSSR count). The maximum Gasteiger partial charge on any atom is 0.243 e. The van der Waals surface area contributed by atoms with Gasteiger partial charge in [0.2, 0.25) is 11.8 Å². The van der Waals surface area contributed by atoms with Gasteiger partial charge < -0.3 is 20.1 Å². The predicted molar refractivity (Wildman–Crippen MR) is 121 cm³/mol. The minimum atomic E-state index is -3.51. The van der Waals surface area contributed by atoms with Crippen molar-refractivity contribution in [1.82, 2.24) is 10.6 Å². The van der Waals surface area contributed by atoms with Gasteiger partial charge in [-0.15, -0.1) is 0 Å². The van der Waals surface area contributed by atoms with Gasteiger partial charge in [0.25, 0.3) is 0 Å². The van der Waals surface area contributed by atoms with E-state index in [-0.39, 0.29) is 30.0 Å². The van der Waals surface area contributed by atoms with E-state index in [0.717, 1.165) is 37.7 Å². The van der Waals surface area contributed by atoms with Crippen LogP contribution in [0.5, 0.6) is 5.75 Å². The molecule has 32 heavy (non-hydrogen) atoms. The van der Waals surface area contributed by atoms with E-state index in [1.807, 2.05) is 12.1 Å². The highest BCUT2D eigenvalue weighted by atomic mass is 32.2. The summed E-state index contributed by atoms with van der Waals surface area (Å²) in [4.78, 5) is 25.5. The Kier molecular flexibility index (Phi) is 8.92. The van der Waals surface area contributed by atoms with Crippen LogP contribution >= 0.6 is 0 Å². The molecule has 0 spiro atoms. The van der Waals surface area contributed by atoms with Crippen molar-refractivity contribution in [3.8, 4) is 5.75 Å². The van der Waals surface area contributed by atoms with Crippen LogP contribution < -0.4 is 15.4 Å². The molecule has 1 aliphatic carbocycles. The van der Waals surface area contributed by atoms with E-state index in [1.54, 1.807) is 19.2 Å². The number of carbonyl (C=O) groups excluding carboxylic acids is 2. The second-order valence-electron chi connectivity index (χ2n) is 8.77. The average Bonchev–Trinajstić information content (AvgIpc) is 3.33. The van der Waals surface area contributed by atoms with Gasteiger partial charge in [-0.25, -0.2) is 8.42 Å². The summed E-state index contributed by atoms with van der Waals surface area (Å²) in [6.45, 7) is 1.01. The van der Waals surface area contributed by atoms with Gasteiger partial charge in [-0.05, 0) is 42.9 Å². The minimum Gasteiger partial charge on any atom is -0.497 e. The summed E-state index contributed by atoms with van der Waals surface area (Å²) < 4.78 is 36.2. The van der Waals surface area contributed by atoms with E-state index in [0.29, 0.717) is 25.4 Å². The van der Waals surface area contributed by atoms with Crippen molar-refractivity contribution in [1.29, 1.82) is 0 Å². The second kappa shape index (κ2) is 11.7. The molecule has 2 unspecified atom stereocenters. The molecule has 178 valence electrons. The van der Waals surface area contributed by atoms with Crippen LogP contribution in [0.25, 0.3) is 0 Å². The Balaban J connectivity index is 1.63. The Morgan fingerprint density at radius 2 is 1.84 bits per heavy atom. The molecule has 1 aliphatic heterocycles. The Bertz CT molecular complexity index is 859. The summed E-state index contributed by atoms with van der Waals surface area (Å²) in [6, 6.07) is 6.09. The van der Waals surface area contributed by atoms with Crippen molar-refractivity contribution < 1.29 is 27.5 Å². The highest BCUT2D eigenvalue weighted by Gasteiger charge is 2.32. The van der Waals surface area contributed by atoms with Crippen molar-refractivity contribution in [2.24, 2.45) is 11.8 Å². The summed E-state index contributed by atoms with van der Waals surface area (Å²) in [5.41, 5.74) is 0.846. The number of ether oxygens (including phenoxy) is 2. The van der Waals surface area contributed by atoms with Gasteiger partial charge in [-0.1, -0.05) is 31.4 Å². The van der Waals surface area contributed by atoms with Crippen molar-refractivity contribution in [2.75, 3.05) is 31.8 Å². The third-order valence-electron chi connectivity index (χ3n) is 6.19. The SMILES string of the molecule is COc1ccc(CNC(=O)C(CS(=O)(=O)CC2CCCCC2)NC(=O)C2CCOC2)cc1. The lowest BCUT2D eigenvalue weighted by atomic mass is 9.91. The molecule has 0 bridgehead atoms. The molecule has 2 fully saturated rings. The van der Waals surface area contributed by atoms with Crippen LogP contribution in [0.2, 0.25) is 0 Å². The molecular weight excluding hydrogens is 432 g/mol. The van der Waals surface area contributed by atoms with Gasteiger partial charge in [0, 0.05) is 13.2 Å². The van der Waals surface area contributed by atoms with E-state index in [1.165, 1.54) is 0 Å². The normalized spacial score (nSPS) is 20.5. The Hall–Kier alpha value is -2.13. The number of rotatable bonds is 10. The van der Waals surface area contributed by atoms with Gasteiger partial charge in [0.05, 0.1) is 31.1 Å². The highest BCUT2D eigenvalue weighted by Crippen LogP contribution is 2.25. The molecule has 2 aliphatic rings. The monoisotopic (exact) mass is 466 g/mol. The molecule has 0 aromatic heterocycles. The van der Waals surface area contributed by atoms with Crippen LogP contribution in [0, 0.1) is 11.8 Å². The standard InChI is InChI=1S/C23H34N2O6S/c1-30-20-9-7-17(8-10-20)13-24-23(27)21(25-22(26)19-11-12-31-14-19)16-32(28,29)15-18-5-3-2-4-6-18/h7-10,18-19,21H,2-6,11-16H2,1H3,(H,24,27)(H,25,26). The smallest absolute Gasteiger partial charge is 0.243 e. The summed E-state index contributed by atoms with van der Waals surface area (Å²) >= 11 is 0. The van der Waals surface area contributed by atoms with Crippen LogP contribution in [-0.2, 0) is 30.7 Å². The number of carbonyl (C=O) groups is 2. The summed E-state index contributed by atoms with van der Waals surface area (Å²) in [6.07, 6.45) is 5.61. The van der Waals surface area contributed by atoms with Gasteiger partial charge >= 0.3 is 0 Å². The molecule has 8 nitrogen and oxygen atoms in total. The van der Waals surface area contributed by atoms with Crippen molar-refractivity contribution in [2.45, 2.75) is 51.1 Å². The molecule has 1 aromatic rings. The number of methoxy groups -OCH3 is 1. The number of benzene rings is 1. The van der Waals surface area contributed by atoms with E-state index in [9.17, 15) is 18.0 Å². The molecule has 2 amide bonds. The van der Waals surface area contributed by atoms with Crippen molar-refractivity contribution in [3.05, 3.63) is 29.8 Å². The average molecular weight is 467 g/mol. The fourth-order valence-electron chi connectivity index (χ4n) is 4.30. The van der Waals surface area contributed by atoms with Gasteiger partial charge in [-0.2, -0.15) is 0 Å². The quantitative estimate of drug-likeness (QED) is 0.544. The molecular formula is C23H34N2O6S. The van der Waals surface area contributed by atoms with E-state index in [4.69, 9.17) is 9.47 Å². The number of amides is 2. The summed E-state index contributed by atoms with van der Waals surface area (Å²) in [5.74, 6) is -0.670. The second-order valence-corrected chi connectivity index (χ2v) is 10.9. The lowest BCUT2D eigenvalue weighted by molar-refractivity contribution is -0.130. The van der Waals surface area contributed by atoms with Gasteiger partial charge in [0.15, 0.2) is 9.84 Å². The molecule has 0 radical (unpaired) electrons. The fraction of sp³-hybridized carbons (Fsp3) is 0.652. The molecule has 9 heteroatoms. The molecule has 1 aromatic carbocycles. The van der Waals surface area contributed by atoms with Gasteiger partial charge in [-0.3, -0.25) is 9.59 Å². The van der Waals surface area contributed by atoms with E-state index < -0.39 is 27.5 Å².